The number of hydrogen-bond donors (Lipinski definition) is 0. The van der Waals surface area contributed by atoms with Crippen LogP contribution in [-0.2, 0) is 0 Å². The van der Waals surface area contributed by atoms with Crippen LogP contribution in [0.3, 0.4) is 0 Å². The van der Waals surface area contributed by atoms with Crippen molar-refractivity contribution in [1.29, 1.82) is 0 Å². The van der Waals surface area contributed by atoms with Gasteiger partial charge in [-0.3, -0.25) is 4.79 Å². The Bertz CT molecular complexity index is 438. The van der Waals surface area contributed by atoms with Crippen LogP contribution in [0.15, 0.2) is 18.2 Å². The summed E-state index contributed by atoms with van der Waals surface area (Å²) in [4.78, 5) is 11.6. The van der Waals surface area contributed by atoms with E-state index in [0.29, 0.717) is 0 Å². The largest absolute Gasteiger partial charge is 0.573 e. The van der Waals surface area contributed by atoms with Crippen LogP contribution in [0.25, 0.3) is 0 Å². The molecule has 0 radical (unpaired) electrons. The van der Waals surface area contributed by atoms with Crippen LogP contribution in [0, 0.1) is 11.7 Å². The minimum Gasteiger partial charge on any atom is -0.406 e. The summed E-state index contributed by atoms with van der Waals surface area (Å²) in [5, 5.41) is 0. The standard InChI is InChI=1S/C12H12F4O2/c1-7(2)5-11(17)9-6-8(3-4-10(9)13)18-12(14,15)16/h3-4,6-7H,5H2,1-2H3. The van der Waals surface area contributed by atoms with Gasteiger partial charge in [-0.15, -0.1) is 13.2 Å². The van der Waals surface area contributed by atoms with E-state index in [1.54, 1.807) is 13.8 Å². The van der Waals surface area contributed by atoms with Gasteiger partial charge in [0.15, 0.2) is 5.78 Å². The Morgan fingerprint density at radius 1 is 1.33 bits per heavy atom. The molecule has 0 aliphatic rings. The zero-order valence-electron chi connectivity index (χ0n) is 9.84. The Kier molecular flexibility index (Phi) is 4.32. The van der Waals surface area contributed by atoms with Crippen molar-refractivity contribution in [1.82, 2.24) is 0 Å². The van der Waals surface area contributed by atoms with Gasteiger partial charge in [0.25, 0.3) is 0 Å². The average molecular weight is 264 g/mol. The van der Waals surface area contributed by atoms with Gasteiger partial charge in [0.1, 0.15) is 11.6 Å². The summed E-state index contributed by atoms with van der Waals surface area (Å²) in [7, 11) is 0. The number of benzene rings is 1. The highest BCUT2D eigenvalue weighted by Gasteiger charge is 2.31. The molecule has 1 aromatic rings. The number of ether oxygens (including phenoxy) is 1. The van der Waals surface area contributed by atoms with Gasteiger partial charge in [-0.05, 0) is 24.1 Å². The molecule has 0 aliphatic heterocycles. The molecule has 0 aromatic heterocycles. The van der Waals surface area contributed by atoms with Crippen molar-refractivity contribution in [2.45, 2.75) is 26.6 Å². The molecule has 0 bridgehead atoms. The van der Waals surface area contributed by atoms with Gasteiger partial charge in [0.05, 0.1) is 5.56 Å². The molecule has 0 unspecified atom stereocenters. The van der Waals surface area contributed by atoms with Crippen molar-refractivity contribution >= 4 is 5.78 Å². The molecule has 0 atom stereocenters. The zero-order valence-corrected chi connectivity index (χ0v) is 9.84. The summed E-state index contributed by atoms with van der Waals surface area (Å²) < 4.78 is 52.9. The van der Waals surface area contributed by atoms with Crippen LogP contribution in [0.5, 0.6) is 5.75 Å². The minimum atomic E-state index is -4.86. The van der Waals surface area contributed by atoms with E-state index in [1.165, 1.54) is 0 Å². The summed E-state index contributed by atoms with van der Waals surface area (Å²) in [6.45, 7) is 3.51. The maximum Gasteiger partial charge on any atom is 0.573 e. The molecule has 2 nitrogen and oxygen atoms in total. The van der Waals surface area contributed by atoms with Gasteiger partial charge >= 0.3 is 6.36 Å². The molecule has 100 valence electrons. The van der Waals surface area contributed by atoms with E-state index in [4.69, 9.17) is 0 Å². The molecule has 18 heavy (non-hydrogen) atoms. The van der Waals surface area contributed by atoms with Gasteiger partial charge in [-0.2, -0.15) is 0 Å². The van der Waals surface area contributed by atoms with Gasteiger partial charge in [-0.1, -0.05) is 13.8 Å². The fraction of sp³-hybridized carbons (Fsp3) is 0.417. The number of carbonyl (C=O) groups is 1. The Hall–Kier alpha value is -1.59. The van der Waals surface area contributed by atoms with Gasteiger partial charge < -0.3 is 4.74 Å². The van der Waals surface area contributed by atoms with E-state index in [0.717, 1.165) is 18.2 Å². The number of Topliss-reactive ketones (excluding diaryl/α,β-unsaturated/α-hetero) is 1. The average Bonchev–Trinajstić information content (AvgIpc) is 2.17. The predicted octanol–water partition coefficient (Wildman–Crippen LogP) is 3.95. The van der Waals surface area contributed by atoms with E-state index in [2.05, 4.69) is 4.74 Å². The van der Waals surface area contributed by atoms with Crippen molar-refractivity contribution in [3.05, 3.63) is 29.6 Å². The molecule has 0 aliphatic carbocycles. The second-order valence-electron chi connectivity index (χ2n) is 4.21. The number of carbonyl (C=O) groups excluding carboxylic acids is 1. The molecular weight excluding hydrogens is 252 g/mol. The summed E-state index contributed by atoms with van der Waals surface area (Å²) in [5.41, 5.74) is -0.384. The van der Waals surface area contributed by atoms with E-state index in [9.17, 15) is 22.4 Å². The van der Waals surface area contributed by atoms with E-state index in [-0.39, 0.29) is 17.9 Å². The molecule has 0 spiro atoms. The lowest BCUT2D eigenvalue weighted by atomic mass is 10.0. The SMILES string of the molecule is CC(C)CC(=O)c1cc(OC(F)(F)F)ccc1F. The van der Waals surface area contributed by atoms with Crippen molar-refractivity contribution < 1.29 is 27.1 Å². The molecule has 0 fully saturated rings. The smallest absolute Gasteiger partial charge is 0.406 e. The summed E-state index contributed by atoms with van der Waals surface area (Å²) in [6.07, 6.45) is -4.80. The Labute approximate surface area is 102 Å². The fourth-order valence-electron chi connectivity index (χ4n) is 1.40. The summed E-state index contributed by atoms with van der Waals surface area (Å²) >= 11 is 0. The third kappa shape index (κ3) is 4.35. The van der Waals surface area contributed by atoms with Gasteiger partial charge in [0, 0.05) is 6.42 Å². The van der Waals surface area contributed by atoms with Crippen molar-refractivity contribution in [2.75, 3.05) is 0 Å². The van der Waals surface area contributed by atoms with Crippen molar-refractivity contribution in [3.63, 3.8) is 0 Å². The van der Waals surface area contributed by atoms with Crippen LogP contribution >= 0.6 is 0 Å². The number of rotatable bonds is 4. The lowest BCUT2D eigenvalue weighted by Gasteiger charge is -2.11. The first-order valence-corrected chi connectivity index (χ1v) is 5.27. The first-order chi connectivity index (χ1) is 8.19. The molecule has 0 saturated carbocycles. The van der Waals surface area contributed by atoms with Gasteiger partial charge in [0.2, 0.25) is 0 Å². The van der Waals surface area contributed by atoms with Crippen LogP contribution < -0.4 is 4.74 Å². The summed E-state index contributed by atoms with van der Waals surface area (Å²) in [5.74, 6) is -2.01. The fourth-order valence-corrected chi connectivity index (χ4v) is 1.40. The summed E-state index contributed by atoms with van der Waals surface area (Å²) in [6, 6.07) is 2.39. The molecule has 0 saturated heterocycles. The first kappa shape index (κ1) is 14.5. The minimum absolute atomic E-state index is 0.0101. The van der Waals surface area contributed by atoms with Crippen molar-refractivity contribution in [3.8, 4) is 5.75 Å². The number of ketones is 1. The van der Waals surface area contributed by atoms with Crippen LogP contribution in [-0.4, -0.2) is 12.1 Å². The Morgan fingerprint density at radius 3 is 2.44 bits per heavy atom. The molecule has 0 amide bonds. The third-order valence-corrected chi connectivity index (χ3v) is 2.07. The van der Waals surface area contributed by atoms with Crippen LogP contribution in [0.4, 0.5) is 17.6 Å². The van der Waals surface area contributed by atoms with Crippen LogP contribution in [0.1, 0.15) is 30.6 Å². The van der Waals surface area contributed by atoms with Crippen molar-refractivity contribution in [2.24, 2.45) is 5.92 Å². The molecule has 0 heterocycles. The predicted molar refractivity (Wildman–Crippen MR) is 56.9 cm³/mol. The highest BCUT2D eigenvalue weighted by molar-refractivity contribution is 5.96. The molecule has 0 N–H and O–H groups in total. The van der Waals surface area contributed by atoms with E-state index in [1.807, 2.05) is 0 Å². The molecular formula is C12H12F4O2. The Morgan fingerprint density at radius 2 is 1.94 bits per heavy atom. The van der Waals surface area contributed by atoms with E-state index >= 15 is 0 Å². The Balaban J connectivity index is 2.98. The number of halogens is 4. The topological polar surface area (TPSA) is 26.3 Å². The lowest BCUT2D eigenvalue weighted by molar-refractivity contribution is -0.274. The lowest BCUT2D eigenvalue weighted by Crippen LogP contribution is -2.17. The highest BCUT2D eigenvalue weighted by atomic mass is 19.4. The zero-order chi connectivity index (χ0) is 13.9. The van der Waals surface area contributed by atoms with Gasteiger partial charge in [-0.25, -0.2) is 4.39 Å². The molecule has 6 heteroatoms. The normalized spacial score (nSPS) is 11.7. The second kappa shape index (κ2) is 5.37. The van der Waals surface area contributed by atoms with Crippen LogP contribution in [0.2, 0.25) is 0 Å². The number of hydrogen-bond acceptors (Lipinski definition) is 2. The molecule has 1 rings (SSSR count). The third-order valence-electron chi connectivity index (χ3n) is 2.07. The first-order valence-electron chi connectivity index (χ1n) is 5.27. The maximum absolute atomic E-state index is 13.3. The van der Waals surface area contributed by atoms with E-state index < -0.39 is 23.7 Å². The quantitative estimate of drug-likeness (QED) is 0.608. The maximum atomic E-state index is 13.3. The monoisotopic (exact) mass is 264 g/mol. The number of alkyl halides is 3. The highest BCUT2D eigenvalue weighted by Crippen LogP contribution is 2.25. The molecule has 1 aromatic carbocycles. The second-order valence-corrected chi connectivity index (χ2v) is 4.21.